The van der Waals surface area contributed by atoms with Gasteiger partial charge in [-0.2, -0.15) is 0 Å². The zero-order valence-electron chi connectivity index (χ0n) is 13.6. The highest BCUT2D eigenvalue weighted by molar-refractivity contribution is 5.95. The lowest BCUT2D eigenvalue weighted by Crippen LogP contribution is -2.23. The maximum atomic E-state index is 13.6. The Kier molecular flexibility index (Phi) is 4.64. The number of carbonyl (C=O) groups is 2. The first-order chi connectivity index (χ1) is 10.7. The first-order valence-electron chi connectivity index (χ1n) is 7.31. The topological polar surface area (TPSA) is 43.4 Å². The molecule has 0 saturated carbocycles. The number of hydrogen-bond donors (Lipinski definition) is 0. The number of hydrogen-bond acceptors (Lipinski definition) is 3. The molecule has 0 unspecified atom stereocenters. The van der Waals surface area contributed by atoms with E-state index in [0.29, 0.717) is 11.1 Å². The number of esters is 1. The van der Waals surface area contributed by atoms with Gasteiger partial charge in [0.15, 0.2) is 5.78 Å². The maximum absolute atomic E-state index is 13.6. The van der Waals surface area contributed by atoms with Gasteiger partial charge in [0.05, 0.1) is 11.1 Å². The number of ketones is 1. The molecule has 2 aromatic carbocycles. The van der Waals surface area contributed by atoms with Gasteiger partial charge in [-0.05, 0) is 63.1 Å². The van der Waals surface area contributed by atoms with Gasteiger partial charge in [-0.3, -0.25) is 4.79 Å². The first-order valence-corrected chi connectivity index (χ1v) is 7.31. The average Bonchev–Trinajstić information content (AvgIpc) is 2.46. The van der Waals surface area contributed by atoms with E-state index in [1.54, 1.807) is 51.1 Å². The molecule has 0 aliphatic rings. The van der Waals surface area contributed by atoms with Crippen LogP contribution in [0.3, 0.4) is 0 Å². The summed E-state index contributed by atoms with van der Waals surface area (Å²) in [5.74, 6) is -1.26. The van der Waals surface area contributed by atoms with Gasteiger partial charge in [-0.25, -0.2) is 9.18 Å². The summed E-state index contributed by atoms with van der Waals surface area (Å²) in [6, 6.07) is 11.2. The fourth-order valence-electron chi connectivity index (χ4n) is 2.11. The Bertz CT molecular complexity index is 740. The van der Waals surface area contributed by atoms with E-state index in [1.165, 1.54) is 19.1 Å². The van der Waals surface area contributed by atoms with Gasteiger partial charge in [0, 0.05) is 0 Å². The zero-order chi connectivity index (χ0) is 17.2. The first kappa shape index (κ1) is 16.9. The zero-order valence-corrected chi connectivity index (χ0v) is 13.6. The Morgan fingerprint density at radius 3 is 2.04 bits per heavy atom. The second kappa shape index (κ2) is 6.32. The number of Topliss-reactive ketones (excluding diaryl/α,β-unsaturated/α-hetero) is 1. The fraction of sp³-hybridized carbons (Fsp3) is 0.263. The Labute approximate surface area is 135 Å². The second-order valence-corrected chi connectivity index (χ2v) is 6.33. The highest BCUT2D eigenvalue weighted by atomic mass is 19.1. The van der Waals surface area contributed by atoms with Gasteiger partial charge in [-0.1, -0.05) is 18.2 Å². The van der Waals surface area contributed by atoms with Crippen LogP contribution in [0.1, 0.15) is 48.4 Å². The van der Waals surface area contributed by atoms with Crippen molar-refractivity contribution in [3.05, 3.63) is 59.4 Å². The van der Waals surface area contributed by atoms with E-state index in [0.717, 1.165) is 5.56 Å². The lowest BCUT2D eigenvalue weighted by Gasteiger charge is -2.19. The van der Waals surface area contributed by atoms with Crippen LogP contribution in [-0.2, 0) is 4.74 Å². The second-order valence-electron chi connectivity index (χ2n) is 6.33. The van der Waals surface area contributed by atoms with Crippen molar-refractivity contribution in [2.24, 2.45) is 0 Å². The SMILES string of the molecule is CC(=O)c1cc(-c2ccc(C(=O)OC(C)(C)C)cc2)ccc1F. The van der Waals surface area contributed by atoms with Crippen LogP contribution in [0.15, 0.2) is 42.5 Å². The predicted molar refractivity (Wildman–Crippen MR) is 87.0 cm³/mol. The molecule has 0 saturated heterocycles. The highest BCUT2D eigenvalue weighted by Crippen LogP contribution is 2.23. The van der Waals surface area contributed by atoms with Gasteiger partial charge < -0.3 is 4.74 Å². The third-order valence-corrected chi connectivity index (χ3v) is 3.20. The van der Waals surface area contributed by atoms with Gasteiger partial charge in [0.25, 0.3) is 0 Å². The van der Waals surface area contributed by atoms with E-state index < -0.39 is 17.4 Å². The minimum absolute atomic E-state index is 0.0544. The predicted octanol–water partition coefficient (Wildman–Crippen LogP) is 4.65. The van der Waals surface area contributed by atoms with Crippen molar-refractivity contribution in [2.45, 2.75) is 33.3 Å². The van der Waals surface area contributed by atoms with Crippen molar-refractivity contribution in [1.29, 1.82) is 0 Å². The minimum Gasteiger partial charge on any atom is -0.456 e. The van der Waals surface area contributed by atoms with Crippen LogP contribution >= 0.6 is 0 Å². The van der Waals surface area contributed by atoms with Gasteiger partial charge >= 0.3 is 5.97 Å². The van der Waals surface area contributed by atoms with E-state index >= 15 is 0 Å². The van der Waals surface area contributed by atoms with E-state index in [2.05, 4.69) is 0 Å². The molecule has 0 aliphatic carbocycles. The smallest absolute Gasteiger partial charge is 0.338 e. The Balaban J connectivity index is 2.28. The number of ether oxygens (including phenoxy) is 1. The molecule has 23 heavy (non-hydrogen) atoms. The Morgan fingerprint density at radius 2 is 1.52 bits per heavy atom. The molecule has 0 atom stereocenters. The highest BCUT2D eigenvalue weighted by Gasteiger charge is 2.17. The molecule has 3 nitrogen and oxygen atoms in total. The van der Waals surface area contributed by atoms with Crippen LogP contribution in [0, 0.1) is 5.82 Å². The van der Waals surface area contributed by atoms with Crippen molar-refractivity contribution in [3.8, 4) is 11.1 Å². The molecular weight excluding hydrogens is 295 g/mol. The molecule has 0 N–H and O–H groups in total. The lowest BCUT2D eigenvalue weighted by molar-refractivity contribution is 0.00694. The molecule has 120 valence electrons. The van der Waals surface area contributed by atoms with Crippen molar-refractivity contribution < 1.29 is 18.7 Å². The Morgan fingerprint density at radius 1 is 0.957 bits per heavy atom. The quantitative estimate of drug-likeness (QED) is 0.612. The monoisotopic (exact) mass is 314 g/mol. The minimum atomic E-state index is -0.552. The summed E-state index contributed by atoms with van der Waals surface area (Å²) in [5, 5.41) is 0. The van der Waals surface area contributed by atoms with E-state index in [4.69, 9.17) is 4.74 Å². The van der Waals surface area contributed by atoms with Crippen LogP contribution < -0.4 is 0 Å². The van der Waals surface area contributed by atoms with Crippen molar-refractivity contribution in [1.82, 2.24) is 0 Å². The van der Waals surface area contributed by atoms with E-state index in [-0.39, 0.29) is 11.3 Å². The van der Waals surface area contributed by atoms with Crippen LogP contribution in [0.25, 0.3) is 11.1 Å². The van der Waals surface area contributed by atoms with Crippen molar-refractivity contribution in [2.75, 3.05) is 0 Å². The van der Waals surface area contributed by atoms with E-state index in [9.17, 15) is 14.0 Å². The third kappa shape index (κ3) is 4.25. The van der Waals surface area contributed by atoms with Crippen LogP contribution in [0.4, 0.5) is 4.39 Å². The van der Waals surface area contributed by atoms with Gasteiger partial charge in [0.2, 0.25) is 0 Å². The van der Waals surface area contributed by atoms with Crippen molar-refractivity contribution >= 4 is 11.8 Å². The molecular formula is C19H19FO3. The summed E-state index contributed by atoms with van der Waals surface area (Å²) >= 11 is 0. The summed E-state index contributed by atoms with van der Waals surface area (Å²) in [7, 11) is 0. The molecule has 0 amide bonds. The maximum Gasteiger partial charge on any atom is 0.338 e. The molecule has 0 spiro atoms. The molecule has 0 heterocycles. The molecule has 2 rings (SSSR count). The number of carbonyl (C=O) groups excluding carboxylic acids is 2. The van der Waals surface area contributed by atoms with Gasteiger partial charge in [-0.15, -0.1) is 0 Å². The summed E-state index contributed by atoms with van der Waals surface area (Å²) in [6.07, 6.45) is 0. The average molecular weight is 314 g/mol. The number of benzene rings is 2. The summed E-state index contributed by atoms with van der Waals surface area (Å²) in [5.41, 5.74) is 1.45. The molecule has 4 heteroatoms. The van der Waals surface area contributed by atoms with Crippen LogP contribution in [0.5, 0.6) is 0 Å². The van der Waals surface area contributed by atoms with E-state index in [1.807, 2.05) is 0 Å². The molecule has 2 aromatic rings. The fourth-order valence-corrected chi connectivity index (χ4v) is 2.11. The molecule has 0 aromatic heterocycles. The molecule has 0 bridgehead atoms. The lowest BCUT2D eigenvalue weighted by atomic mass is 10.00. The van der Waals surface area contributed by atoms with Crippen LogP contribution in [-0.4, -0.2) is 17.4 Å². The number of halogens is 1. The van der Waals surface area contributed by atoms with Crippen LogP contribution in [0.2, 0.25) is 0 Å². The standard InChI is InChI=1S/C19H19FO3/c1-12(21)16-11-15(9-10-17(16)20)13-5-7-14(8-6-13)18(22)23-19(2,3)4/h5-11H,1-4H3. The van der Waals surface area contributed by atoms with Gasteiger partial charge in [0.1, 0.15) is 11.4 Å². The molecule has 0 fully saturated rings. The Hall–Kier alpha value is -2.49. The third-order valence-electron chi connectivity index (χ3n) is 3.20. The largest absolute Gasteiger partial charge is 0.456 e. The number of rotatable bonds is 3. The van der Waals surface area contributed by atoms with Crippen molar-refractivity contribution in [3.63, 3.8) is 0 Å². The summed E-state index contributed by atoms with van der Waals surface area (Å²) in [6.45, 7) is 6.75. The molecule has 0 radical (unpaired) electrons. The summed E-state index contributed by atoms with van der Waals surface area (Å²) < 4.78 is 18.9. The molecule has 0 aliphatic heterocycles. The summed E-state index contributed by atoms with van der Waals surface area (Å²) in [4.78, 5) is 23.4. The normalized spacial score (nSPS) is 11.2.